The molecule has 0 amide bonds. The zero-order chi connectivity index (χ0) is 18.2. The monoisotopic (exact) mass is 357 g/mol. The van der Waals surface area contributed by atoms with Crippen molar-refractivity contribution in [3.8, 4) is 0 Å². The number of unbranched alkanes of at least 4 members (excludes halogenated alkanes) is 1. The number of hydrogen-bond donors (Lipinski definition) is 1. The van der Waals surface area contributed by atoms with Crippen LogP contribution in [0.3, 0.4) is 0 Å². The molecule has 0 radical (unpaired) electrons. The van der Waals surface area contributed by atoms with Crippen LogP contribution in [0.25, 0.3) is 0 Å². The molecule has 8 heteroatoms. The molecular weight excluding hydrogens is 334 g/mol. The normalized spacial score (nSPS) is 12.5. The van der Waals surface area contributed by atoms with Gasteiger partial charge in [0.05, 0.1) is 24.2 Å². The van der Waals surface area contributed by atoms with Gasteiger partial charge in [-0.3, -0.25) is 4.79 Å². The molecule has 1 N–H and O–H groups in total. The number of carbonyl (C=O) groups excluding carboxylic acids is 2. The third kappa shape index (κ3) is 5.31. The summed E-state index contributed by atoms with van der Waals surface area (Å²) in [6.45, 7) is 3.74. The maximum atomic E-state index is 12.6. The topological polar surface area (TPSA) is 98.8 Å². The first kappa shape index (κ1) is 20.1. The van der Waals surface area contributed by atoms with E-state index in [0.717, 1.165) is 6.42 Å². The van der Waals surface area contributed by atoms with Crippen LogP contribution < -0.4 is 4.72 Å². The molecule has 1 unspecified atom stereocenters. The Kier molecular flexibility index (Phi) is 7.87. The van der Waals surface area contributed by atoms with E-state index in [2.05, 4.69) is 9.46 Å². The van der Waals surface area contributed by atoms with Crippen molar-refractivity contribution in [1.82, 2.24) is 4.72 Å². The highest BCUT2D eigenvalue weighted by Crippen LogP contribution is 2.18. The van der Waals surface area contributed by atoms with E-state index < -0.39 is 28.0 Å². The van der Waals surface area contributed by atoms with Crippen molar-refractivity contribution in [2.75, 3.05) is 13.7 Å². The van der Waals surface area contributed by atoms with Gasteiger partial charge in [0.2, 0.25) is 10.0 Å². The molecule has 1 rings (SSSR count). The molecule has 1 aromatic rings. The molecule has 0 aromatic heterocycles. The van der Waals surface area contributed by atoms with Crippen molar-refractivity contribution in [2.24, 2.45) is 0 Å². The summed E-state index contributed by atoms with van der Waals surface area (Å²) in [5.74, 6) is -1.40. The lowest BCUT2D eigenvalue weighted by Gasteiger charge is -2.18. The third-order valence-electron chi connectivity index (χ3n) is 3.30. The van der Waals surface area contributed by atoms with Crippen LogP contribution in [-0.2, 0) is 24.3 Å². The predicted octanol–water partition coefficient (Wildman–Crippen LogP) is 1.87. The lowest BCUT2D eigenvalue weighted by Crippen LogP contribution is -2.42. The van der Waals surface area contributed by atoms with Gasteiger partial charge in [-0.05, 0) is 25.5 Å². The number of esters is 2. The van der Waals surface area contributed by atoms with E-state index in [1.54, 1.807) is 6.92 Å². The Morgan fingerprint density at radius 1 is 1.21 bits per heavy atom. The number of sulfonamides is 1. The molecule has 1 aromatic carbocycles. The van der Waals surface area contributed by atoms with Crippen molar-refractivity contribution >= 4 is 22.0 Å². The first-order valence-electron chi connectivity index (χ1n) is 7.73. The summed E-state index contributed by atoms with van der Waals surface area (Å²) in [6, 6.07) is 4.67. The third-order valence-corrected chi connectivity index (χ3v) is 4.83. The second kappa shape index (κ2) is 9.39. The van der Waals surface area contributed by atoms with Gasteiger partial charge in [-0.25, -0.2) is 13.2 Å². The molecule has 0 aliphatic heterocycles. The minimum Gasteiger partial charge on any atom is -0.465 e. The minimum atomic E-state index is -4.09. The maximum Gasteiger partial charge on any atom is 0.339 e. The van der Waals surface area contributed by atoms with E-state index in [0.29, 0.717) is 12.8 Å². The van der Waals surface area contributed by atoms with Gasteiger partial charge >= 0.3 is 11.9 Å². The van der Waals surface area contributed by atoms with E-state index in [-0.39, 0.29) is 17.1 Å². The van der Waals surface area contributed by atoms with Gasteiger partial charge < -0.3 is 9.47 Å². The van der Waals surface area contributed by atoms with E-state index in [4.69, 9.17) is 4.74 Å². The summed E-state index contributed by atoms with van der Waals surface area (Å²) < 4.78 is 37.1. The van der Waals surface area contributed by atoms with E-state index in [9.17, 15) is 18.0 Å². The van der Waals surface area contributed by atoms with Crippen molar-refractivity contribution in [3.63, 3.8) is 0 Å². The largest absolute Gasteiger partial charge is 0.465 e. The second-order valence-corrected chi connectivity index (χ2v) is 6.74. The number of hydrogen-bond acceptors (Lipinski definition) is 6. The molecule has 0 aliphatic rings. The molecule has 0 fully saturated rings. The molecule has 0 heterocycles. The smallest absolute Gasteiger partial charge is 0.339 e. The van der Waals surface area contributed by atoms with E-state index in [1.165, 1.54) is 31.4 Å². The van der Waals surface area contributed by atoms with Gasteiger partial charge in [-0.2, -0.15) is 4.72 Å². The first-order chi connectivity index (χ1) is 11.4. The van der Waals surface area contributed by atoms with Crippen LogP contribution in [-0.4, -0.2) is 40.1 Å². The second-order valence-electron chi connectivity index (χ2n) is 5.06. The number of methoxy groups -OCH3 is 1. The average molecular weight is 357 g/mol. The van der Waals surface area contributed by atoms with E-state index >= 15 is 0 Å². The molecule has 1 atom stereocenters. The molecule has 0 bridgehead atoms. The minimum absolute atomic E-state index is 0.0920. The van der Waals surface area contributed by atoms with Crippen LogP contribution in [0.5, 0.6) is 0 Å². The summed E-state index contributed by atoms with van der Waals surface area (Å²) in [5.41, 5.74) is -0.0920. The summed E-state index contributed by atoms with van der Waals surface area (Å²) in [6.07, 6.45) is 1.77. The van der Waals surface area contributed by atoms with Crippen LogP contribution in [0.2, 0.25) is 0 Å². The Labute approximate surface area is 142 Å². The fourth-order valence-electron chi connectivity index (χ4n) is 2.11. The van der Waals surface area contributed by atoms with Gasteiger partial charge in [-0.15, -0.1) is 0 Å². The predicted molar refractivity (Wildman–Crippen MR) is 88.0 cm³/mol. The molecule has 0 aliphatic carbocycles. The Morgan fingerprint density at radius 2 is 1.88 bits per heavy atom. The van der Waals surface area contributed by atoms with Crippen molar-refractivity contribution < 1.29 is 27.5 Å². The molecule has 134 valence electrons. The molecule has 0 saturated carbocycles. The van der Waals surface area contributed by atoms with Crippen LogP contribution in [0.4, 0.5) is 0 Å². The summed E-state index contributed by atoms with van der Waals surface area (Å²) in [4.78, 5) is 23.5. The number of carbonyl (C=O) groups is 2. The molecule has 0 saturated heterocycles. The molecule has 0 spiro atoms. The quantitative estimate of drug-likeness (QED) is 0.678. The Bertz CT molecular complexity index is 671. The first-order valence-corrected chi connectivity index (χ1v) is 9.22. The fourth-order valence-corrected chi connectivity index (χ4v) is 3.52. The summed E-state index contributed by atoms with van der Waals surface area (Å²) in [5, 5.41) is 0. The van der Waals surface area contributed by atoms with Gasteiger partial charge in [0.1, 0.15) is 6.04 Å². The fraction of sp³-hybridized carbons (Fsp3) is 0.500. The van der Waals surface area contributed by atoms with Crippen LogP contribution >= 0.6 is 0 Å². The zero-order valence-electron chi connectivity index (χ0n) is 14.1. The number of nitrogens with one attached hydrogen (secondary N) is 1. The summed E-state index contributed by atoms with van der Waals surface area (Å²) in [7, 11) is -2.92. The van der Waals surface area contributed by atoms with Crippen molar-refractivity contribution in [3.05, 3.63) is 29.8 Å². The summed E-state index contributed by atoms with van der Waals surface area (Å²) >= 11 is 0. The van der Waals surface area contributed by atoms with E-state index in [1.807, 2.05) is 6.92 Å². The Hall–Kier alpha value is -1.93. The van der Waals surface area contributed by atoms with Crippen molar-refractivity contribution in [2.45, 2.75) is 44.0 Å². The SMILES string of the molecule is CCCCC(NS(=O)(=O)c1ccccc1C(=O)OC)C(=O)OCC. The zero-order valence-corrected chi connectivity index (χ0v) is 14.9. The Morgan fingerprint density at radius 3 is 2.46 bits per heavy atom. The van der Waals surface area contributed by atoms with Crippen molar-refractivity contribution in [1.29, 1.82) is 0 Å². The van der Waals surface area contributed by atoms with Gasteiger partial charge in [-0.1, -0.05) is 31.9 Å². The average Bonchev–Trinajstić information content (AvgIpc) is 2.58. The lowest BCUT2D eigenvalue weighted by molar-refractivity contribution is -0.145. The number of rotatable bonds is 9. The van der Waals surface area contributed by atoms with Gasteiger partial charge in [0.25, 0.3) is 0 Å². The Balaban J connectivity index is 3.13. The molecular formula is C16H23NO6S. The lowest BCUT2D eigenvalue weighted by atomic mass is 10.1. The molecule has 7 nitrogen and oxygen atoms in total. The van der Waals surface area contributed by atoms with Crippen LogP contribution in [0.1, 0.15) is 43.5 Å². The standard InChI is InChI=1S/C16H23NO6S/c1-4-6-10-13(16(19)23-5-2)17-24(20,21)14-11-8-7-9-12(14)15(18)22-3/h7-9,11,13,17H,4-6,10H2,1-3H3. The van der Waals surface area contributed by atoms with Crippen LogP contribution in [0, 0.1) is 0 Å². The van der Waals surface area contributed by atoms with Gasteiger partial charge in [0, 0.05) is 0 Å². The maximum absolute atomic E-state index is 12.6. The molecule has 24 heavy (non-hydrogen) atoms. The number of benzene rings is 1. The van der Waals surface area contributed by atoms with Gasteiger partial charge in [0.15, 0.2) is 0 Å². The highest BCUT2D eigenvalue weighted by atomic mass is 32.2. The highest BCUT2D eigenvalue weighted by molar-refractivity contribution is 7.89. The highest BCUT2D eigenvalue weighted by Gasteiger charge is 2.29. The number of ether oxygens (including phenoxy) is 2. The van der Waals surface area contributed by atoms with Crippen LogP contribution in [0.15, 0.2) is 29.2 Å².